The summed E-state index contributed by atoms with van der Waals surface area (Å²) in [4.78, 5) is 2.25. The SMILES string of the molecule is CN1CCN(S(=O)(=O)c2ccc(F)cc2)[C@H](c2ccccc2)C1. The molecule has 0 amide bonds. The van der Waals surface area contributed by atoms with Gasteiger partial charge < -0.3 is 4.90 Å². The summed E-state index contributed by atoms with van der Waals surface area (Å²) in [6.07, 6.45) is 0. The molecular weight excluding hydrogens is 315 g/mol. The second-order valence-electron chi connectivity index (χ2n) is 5.76. The summed E-state index contributed by atoms with van der Waals surface area (Å²) >= 11 is 0. The molecule has 6 heteroatoms. The van der Waals surface area contributed by atoms with E-state index >= 15 is 0 Å². The molecule has 0 radical (unpaired) electrons. The number of hydrogen-bond donors (Lipinski definition) is 0. The summed E-state index contributed by atoms with van der Waals surface area (Å²) in [5.74, 6) is -0.443. The molecule has 1 aliphatic rings. The molecule has 1 fully saturated rings. The minimum atomic E-state index is -3.66. The summed E-state index contributed by atoms with van der Waals surface area (Å²) < 4.78 is 40.6. The molecule has 122 valence electrons. The topological polar surface area (TPSA) is 40.6 Å². The van der Waals surface area contributed by atoms with Crippen molar-refractivity contribution in [2.75, 3.05) is 26.7 Å². The lowest BCUT2D eigenvalue weighted by Gasteiger charge is -2.39. The maximum absolute atomic E-state index is 13.1. The van der Waals surface area contributed by atoms with Crippen molar-refractivity contribution in [3.63, 3.8) is 0 Å². The number of nitrogens with zero attached hydrogens (tertiary/aromatic N) is 2. The van der Waals surface area contributed by atoms with Crippen LogP contribution in [0, 0.1) is 5.82 Å². The summed E-state index contributed by atoms with van der Waals surface area (Å²) in [6.45, 7) is 1.71. The van der Waals surface area contributed by atoms with Gasteiger partial charge in [-0.3, -0.25) is 0 Å². The van der Waals surface area contributed by atoms with Gasteiger partial charge in [-0.25, -0.2) is 12.8 Å². The molecule has 0 bridgehead atoms. The standard InChI is InChI=1S/C17H19FN2O2S/c1-19-11-12-20(17(13-19)14-5-3-2-4-6-14)23(21,22)16-9-7-15(18)8-10-16/h2-10,17H,11-13H2,1H3/t17-/m0/s1. The van der Waals surface area contributed by atoms with Gasteiger partial charge in [0.1, 0.15) is 5.82 Å². The molecule has 2 aromatic carbocycles. The summed E-state index contributed by atoms with van der Waals surface area (Å²) in [6, 6.07) is 14.4. The maximum atomic E-state index is 13.1. The number of rotatable bonds is 3. The number of likely N-dealkylation sites (N-methyl/N-ethyl adjacent to an activating group) is 1. The molecule has 23 heavy (non-hydrogen) atoms. The average Bonchev–Trinajstić information content (AvgIpc) is 2.56. The lowest BCUT2D eigenvalue weighted by atomic mass is 10.1. The summed E-state index contributed by atoms with van der Waals surface area (Å²) in [5.41, 5.74) is 0.963. The number of hydrogen-bond acceptors (Lipinski definition) is 3. The quantitative estimate of drug-likeness (QED) is 0.866. The minimum Gasteiger partial charge on any atom is -0.303 e. The first kappa shape index (κ1) is 16.1. The third-order valence-electron chi connectivity index (χ3n) is 4.14. The van der Waals surface area contributed by atoms with Gasteiger partial charge in [0.25, 0.3) is 0 Å². The van der Waals surface area contributed by atoms with E-state index in [0.717, 1.165) is 5.56 Å². The maximum Gasteiger partial charge on any atom is 0.243 e. The van der Waals surface area contributed by atoms with Crippen molar-refractivity contribution < 1.29 is 12.8 Å². The highest BCUT2D eigenvalue weighted by Crippen LogP contribution is 2.30. The Labute approximate surface area is 136 Å². The van der Waals surface area contributed by atoms with Crippen LogP contribution >= 0.6 is 0 Å². The zero-order valence-corrected chi connectivity index (χ0v) is 13.7. The van der Waals surface area contributed by atoms with Crippen LogP contribution in [0.3, 0.4) is 0 Å². The number of sulfonamides is 1. The molecule has 0 aromatic heterocycles. The van der Waals surface area contributed by atoms with Crippen LogP contribution < -0.4 is 0 Å². The minimum absolute atomic E-state index is 0.129. The van der Waals surface area contributed by atoms with Crippen molar-refractivity contribution in [2.24, 2.45) is 0 Å². The van der Waals surface area contributed by atoms with Gasteiger partial charge in [0, 0.05) is 19.6 Å². The van der Waals surface area contributed by atoms with Crippen LogP contribution in [0.15, 0.2) is 59.5 Å². The van der Waals surface area contributed by atoms with Gasteiger partial charge in [-0.2, -0.15) is 4.31 Å². The Kier molecular flexibility index (Phi) is 4.48. The Hall–Kier alpha value is -1.76. The fourth-order valence-corrected chi connectivity index (χ4v) is 4.48. The highest BCUT2D eigenvalue weighted by atomic mass is 32.2. The average molecular weight is 334 g/mol. The molecule has 0 aliphatic carbocycles. The lowest BCUT2D eigenvalue weighted by Crippen LogP contribution is -2.49. The third-order valence-corrected chi connectivity index (χ3v) is 6.06. The largest absolute Gasteiger partial charge is 0.303 e. The van der Waals surface area contributed by atoms with E-state index in [9.17, 15) is 12.8 Å². The molecule has 3 rings (SSSR count). The molecule has 1 atom stereocenters. The Balaban J connectivity index is 1.99. The highest BCUT2D eigenvalue weighted by molar-refractivity contribution is 7.89. The Morgan fingerprint density at radius 1 is 1.00 bits per heavy atom. The molecule has 0 unspecified atom stereocenters. The van der Waals surface area contributed by atoms with Gasteiger partial charge >= 0.3 is 0 Å². The van der Waals surface area contributed by atoms with Crippen LogP contribution in [0.5, 0.6) is 0 Å². The predicted octanol–water partition coefficient (Wildman–Crippen LogP) is 2.50. The van der Waals surface area contributed by atoms with Gasteiger partial charge in [0.2, 0.25) is 10.0 Å². The van der Waals surface area contributed by atoms with Crippen molar-refractivity contribution in [1.82, 2.24) is 9.21 Å². The smallest absolute Gasteiger partial charge is 0.243 e. The van der Waals surface area contributed by atoms with E-state index in [1.165, 1.54) is 28.6 Å². The van der Waals surface area contributed by atoms with Crippen LogP contribution in [0.25, 0.3) is 0 Å². The number of benzene rings is 2. The van der Waals surface area contributed by atoms with Gasteiger partial charge in [-0.1, -0.05) is 30.3 Å². The first-order valence-corrected chi connectivity index (χ1v) is 8.93. The van der Waals surface area contributed by atoms with Crippen LogP contribution in [0.1, 0.15) is 11.6 Å². The monoisotopic (exact) mass is 334 g/mol. The molecule has 1 aliphatic heterocycles. The lowest BCUT2D eigenvalue weighted by molar-refractivity contribution is 0.160. The fraction of sp³-hybridized carbons (Fsp3) is 0.294. The number of piperazine rings is 1. The molecule has 1 saturated heterocycles. The van der Waals surface area contributed by atoms with Crippen LogP contribution in [0.2, 0.25) is 0 Å². The molecule has 4 nitrogen and oxygen atoms in total. The van der Waals surface area contributed by atoms with E-state index in [1.807, 2.05) is 37.4 Å². The van der Waals surface area contributed by atoms with Crippen LogP contribution in [-0.4, -0.2) is 44.3 Å². The molecule has 0 spiro atoms. The first-order chi connectivity index (χ1) is 11.0. The van der Waals surface area contributed by atoms with E-state index in [1.54, 1.807) is 0 Å². The van der Waals surface area contributed by atoms with Gasteiger partial charge in [0.05, 0.1) is 10.9 Å². The van der Waals surface area contributed by atoms with E-state index < -0.39 is 15.8 Å². The molecule has 1 heterocycles. The van der Waals surface area contributed by atoms with Crippen LogP contribution in [0.4, 0.5) is 4.39 Å². The number of halogens is 1. The highest BCUT2D eigenvalue weighted by Gasteiger charge is 2.35. The second-order valence-corrected chi connectivity index (χ2v) is 7.65. The van der Waals surface area contributed by atoms with E-state index in [4.69, 9.17) is 0 Å². The van der Waals surface area contributed by atoms with Crippen molar-refractivity contribution >= 4 is 10.0 Å². The van der Waals surface area contributed by atoms with Crippen molar-refractivity contribution in [2.45, 2.75) is 10.9 Å². The first-order valence-electron chi connectivity index (χ1n) is 7.49. The summed E-state index contributed by atoms with van der Waals surface area (Å²) in [5, 5.41) is 0. The zero-order chi connectivity index (χ0) is 16.4. The fourth-order valence-electron chi connectivity index (χ4n) is 2.88. The van der Waals surface area contributed by atoms with Gasteiger partial charge in [-0.05, 0) is 36.9 Å². The molecule has 0 N–H and O–H groups in total. The third kappa shape index (κ3) is 3.29. The zero-order valence-electron chi connectivity index (χ0n) is 12.9. The molecular formula is C17H19FN2O2S. The van der Waals surface area contributed by atoms with Crippen molar-refractivity contribution in [3.05, 3.63) is 66.0 Å². The summed E-state index contributed by atoms with van der Waals surface area (Å²) in [7, 11) is -1.68. The predicted molar refractivity (Wildman–Crippen MR) is 87.0 cm³/mol. The van der Waals surface area contributed by atoms with Crippen molar-refractivity contribution in [1.29, 1.82) is 0 Å². The van der Waals surface area contributed by atoms with Crippen molar-refractivity contribution in [3.8, 4) is 0 Å². The van der Waals surface area contributed by atoms with Crippen LogP contribution in [-0.2, 0) is 10.0 Å². The van der Waals surface area contributed by atoms with E-state index in [2.05, 4.69) is 4.90 Å². The van der Waals surface area contributed by atoms with E-state index in [0.29, 0.717) is 19.6 Å². The normalized spacial score (nSPS) is 20.5. The molecule has 0 saturated carbocycles. The Morgan fingerprint density at radius 3 is 2.30 bits per heavy atom. The Bertz CT molecular complexity index is 763. The van der Waals surface area contributed by atoms with Gasteiger partial charge in [0.15, 0.2) is 0 Å². The second kappa shape index (κ2) is 6.39. The van der Waals surface area contributed by atoms with E-state index in [-0.39, 0.29) is 10.9 Å². The van der Waals surface area contributed by atoms with Gasteiger partial charge in [-0.15, -0.1) is 0 Å². The molecule has 2 aromatic rings. The Morgan fingerprint density at radius 2 is 1.65 bits per heavy atom.